The minimum absolute atomic E-state index is 0.0445. The highest BCUT2D eigenvalue weighted by molar-refractivity contribution is 7.92. The number of sulfonamides is 1. The minimum atomic E-state index is -3.59. The van der Waals surface area contributed by atoms with Gasteiger partial charge in [-0.3, -0.25) is 13.9 Å². The molecule has 1 unspecified atom stereocenters. The number of benzene rings is 3. The van der Waals surface area contributed by atoms with Crippen LogP contribution in [-0.4, -0.2) is 50.5 Å². The zero-order chi connectivity index (χ0) is 30.2. The van der Waals surface area contributed by atoms with Crippen molar-refractivity contribution in [1.82, 2.24) is 10.2 Å². The van der Waals surface area contributed by atoms with E-state index >= 15 is 0 Å². The van der Waals surface area contributed by atoms with E-state index in [1.165, 1.54) is 4.31 Å². The smallest absolute Gasteiger partial charge is 0.243 e. The number of carbonyl (C=O) groups is 2. The standard InChI is InChI=1S/C31H37Cl2N3O4S/c1-5-34-31(38)29(20-24-10-7-6-8-11-24)35(21-25-15-16-26(32)27(33)19-25)30(37)12-9-17-36(41(4,39)40)28-18-22(2)13-14-23(28)3/h6-8,10-11,13-16,18-19,29H,5,9,12,17,20-21H2,1-4H3,(H,34,38). The second-order valence-corrected chi connectivity index (χ2v) is 12.8. The number of nitrogens with zero attached hydrogens (tertiary/aromatic N) is 2. The molecule has 1 atom stereocenters. The monoisotopic (exact) mass is 617 g/mol. The fraction of sp³-hybridized carbons (Fsp3) is 0.355. The Bertz CT molecular complexity index is 1470. The maximum Gasteiger partial charge on any atom is 0.243 e. The number of aryl methyl sites for hydroxylation is 2. The van der Waals surface area contributed by atoms with Crippen LogP contribution in [0.1, 0.15) is 42.0 Å². The van der Waals surface area contributed by atoms with Crippen LogP contribution < -0.4 is 9.62 Å². The molecule has 3 rings (SSSR count). The SMILES string of the molecule is CCNC(=O)C(Cc1ccccc1)N(Cc1ccc(Cl)c(Cl)c1)C(=O)CCCN(c1cc(C)ccc1C)S(C)(=O)=O. The predicted octanol–water partition coefficient (Wildman–Crippen LogP) is 5.93. The first kappa shape index (κ1) is 32.4. The summed E-state index contributed by atoms with van der Waals surface area (Å²) in [6.45, 7) is 6.27. The van der Waals surface area contributed by atoms with Gasteiger partial charge in [0, 0.05) is 32.5 Å². The summed E-state index contributed by atoms with van der Waals surface area (Å²) in [6, 6.07) is 19.5. The number of anilines is 1. The van der Waals surface area contributed by atoms with Gasteiger partial charge >= 0.3 is 0 Å². The molecular weight excluding hydrogens is 581 g/mol. The van der Waals surface area contributed by atoms with Gasteiger partial charge in [-0.1, -0.05) is 71.7 Å². The van der Waals surface area contributed by atoms with Crippen LogP contribution in [-0.2, 0) is 32.6 Å². The van der Waals surface area contributed by atoms with Gasteiger partial charge in [0.2, 0.25) is 21.8 Å². The molecule has 3 aromatic carbocycles. The summed E-state index contributed by atoms with van der Waals surface area (Å²) >= 11 is 12.4. The lowest BCUT2D eigenvalue weighted by Gasteiger charge is -2.32. The highest BCUT2D eigenvalue weighted by atomic mass is 35.5. The van der Waals surface area contributed by atoms with Crippen LogP contribution in [0.5, 0.6) is 0 Å². The molecule has 0 spiro atoms. The minimum Gasteiger partial charge on any atom is -0.355 e. The van der Waals surface area contributed by atoms with E-state index in [0.717, 1.165) is 28.5 Å². The Morgan fingerprint density at radius 3 is 2.27 bits per heavy atom. The van der Waals surface area contributed by atoms with Gasteiger partial charge < -0.3 is 10.2 Å². The molecule has 0 aliphatic carbocycles. The number of hydrogen-bond donors (Lipinski definition) is 1. The fourth-order valence-corrected chi connectivity index (χ4v) is 5.99. The number of hydrogen-bond acceptors (Lipinski definition) is 4. The largest absolute Gasteiger partial charge is 0.355 e. The highest BCUT2D eigenvalue weighted by Gasteiger charge is 2.30. The van der Waals surface area contributed by atoms with E-state index in [2.05, 4.69) is 5.32 Å². The molecule has 1 N–H and O–H groups in total. The van der Waals surface area contributed by atoms with E-state index in [0.29, 0.717) is 28.7 Å². The quantitative estimate of drug-likeness (QED) is 0.257. The van der Waals surface area contributed by atoms with Crippen molar-refractivity contribution < 1.29 is 18.0 Å². The highest BCUT2D eigenvalue weighted by Crippen LogP contribution is 2.26. The van der Waals surface area contributed by atoms with Gasteiger partial charge in [-0.25, -0.2) is 8.42 Å². The fourth-order valence-electron chi connectivity index (χ4n) is 4.65. The molecule has 3 aromatic rings. The van der Waals surface area contributed by atoms with E-state index in [-0.39, 0.29) is 37.7 Å². The maximum absolute atomic E-state index is 13.8. The third kappa shape index (κ3) is 9.21. The molecule has 2 amide bonds. The van der Waals surface area contributed by atoms with Crippen molar-refractivity contribution in [3.8, 4) is 0 Å². The first-order chi connectivity index (χ1) is 19.4. The summed E-state index contributed by atoms with van der Waals surface area (Å²) in [5.41, 5.74) is 4.00. The Kier molecular flexibility index (Phi) is 11.6. The summed E-state index contributed by atoms with van der Waals surface area (Å²) in [6.07, 6.45) is 1.79. The number of amides is 2. The van der Waals surface area contributed by atoms with Crippen LogP contribution in [0.25, 0.3) is 0 Å². The lowest BCUT2D eigenvalue weighted by atomic mass is 10.0. The molecule has 7 nitrogen and oxygen atoms in total. The summed E-state index contributed by atoms with van der Waals surface area (Å²) in [4.78, 5) is 28.7. The number of carbonyl (C=O) groups excluding carboxylic acids is 2. The van der Waals surface area contributed by atoms with Gasteiger partial charge in [0.15, 0.2) is 0 Å². The van der Waals surface area contributed by atoms with E-state index in [1.807, 2.05) is 69.3 Å². The topological polar surface area (TPSA) is 86.8 Å². The number of likely N-dealkylation sites (N-methyl/N-ethyl adjacent to an activating group) is 1. The molecule has 220 valence electrons. The molecular formula is C31H37Cl2N3O4S. The van der Waals surface area contributed by atoms with Gasteiger partial charge in [0.05, 0.1) is 22.0 Å². The zero-order valence-electron chi connectivity index (χ0n) is 23.9. The molecule has 0 heterocycles. The number of rotatable bonds is 13. The van der Waals surface area contributed by atoms with Gasteiger partial charge in [0.1, 0.15) is 6.04 Å². The van der Waals surface area contributed by atoms with Gasteiger partial charge in [-0.2, -0.15) is 0 Å². The van der Waals surface area contributed by atoms with Gasteiger partial charge in [-0.05, 0) is 67.6 Å². The number of halogens is 2. The maximum atomic E-state index is 13.8. The Morgan fingerprint density at radius 1 is 0.927 bits per heavy atom. The van der Waals surface area contributed by atoms with Crippen molar-refractivity contribution in [1.29, 1.82) is 0 Å². The van der Waals surface area contributed by atoms with Gasteiger partial charge in [-0.15, -0.1) is 0 Å². The molecule has 0 aromatic heterocycles. The second-order valence-electron chi connectivity index (χ2n) is 10.1. The third-order valence-corrected chi connectivity index (χ3v) is 8.66. The van der Waals surface area contributed by atoms with Crippen LogP contribution in [0.4, 0.5) is 5.69 Å². The molecule has 0 fully saturated rings. The van der Waals surface area contributed by atoms with Gasteiger partial charge in [0.25, 0.3) is 0 Å². The molecule has 0 aliphatic heterocycles. The molecule has 0 saturated carbocycles. The Hall–Kier alpha value is -3.07. The van der Waals surface area contributed by atoms with Crippen molar-refractivity contribution in [2.24, 2.45) is 0 Å². The third-order valence-electron chi connectivity index (χ3n) is 6.74. The average molecular weight is 619 g/mol. The normalized spacial score (nSPS) is 12.0. The molecule has 0 aliphatic rings. The van der Waals surface area contributed by atoms with Crippen LogP contribution in [0.15, 0.2) is 66.7 Å². The first-order valence-electron chi connectivity index (χ1n) is 13.5. The molecule has 0 radical (unpaired) electrons. The second kappa shape index (κ2) is 14.7. The predicted molar refractivity (Wildman–Crippen MR) is 167 cm³/mol. The zero-order valence-corrected chi connectivity index (χ0v) is 26.2. The van der Waals surface area contributed by atoms with Crippen molar-refractivity contribution in [3.63, 3.8) is 0 Å². The van der Waals surface area contributed by atoms with Crippen LogP contribution in [0.2, 0.25) is 10.0 Å². The van der Waals surface area contributed by atoms with E-state index in [1.54, 1.807) is 23.1 Å². The lowest BCUT2D eigenvalue weighted by Crippen LogP contribution is -2.50. The summed E-state index contributed by atoms with van der Waals surface area (Å²) in [7, 11) is -3.59. The molecule has 10 heteroatoms. The number of nitrogens with one attached hydrogen (secondary N) is 1. The van der Waals surface area contributed by atoms with Crippen molar-refractivity contribution >= 4 is 50.7 Å². The molecule has 0 bridgehead atoms. The molecule has 41 heavy (non-hydrogen) atoms. The van der Waals surface area contributed by atoms with Crippen molar-refractivity contribution in [2.45, 2.75) is 52.6 Å². The average Bonchev–Trinajstić information content (AvgIpc) is 2.92. The first-order valence-corrected chi connectivity index (χ1v) is 16.1. The summed E-state index contributed by atoms with van der Waals surface area (Å²) in [5, 5.41) is 3.61. The van der Waals surface area contributed by atoms with Crippen molar-refractivity contribution in [2.75, 3.05) is 23.7 Å². The summed E-state index contributed by atoms with van der Waals surface area (Å²) in [5.74, 6) is -0.532. The summed E-state index contributed by atoms with van der Waals surface area (Å²) < 4.78 is 26.8. The van der Waals surface area contributed by atoms with E-state index in [9.17, 15) is 18.0 Å². The van der Waals surface area contributed by atoms with Crippen LogP contribution >= 0.6 is 23.2 Å². The Labute approximate surface area is 253 Å². The molecule has 0 saturated heterocycles. The van der Waals surface area contributed by atoms with Crippen molar-refractivity contribution in [3.05, 3.63) is 99.0 Å². The van der Waals surface area contributed by atoms with E-state index in [4.69, 9.17) is 23.2 Å². The van der Waals surface area contributed by atoms with Crippen LogP contribution in [0.3, 0.4) is 0 Å². The van der Waals surface area contributed by atoms with E-state index < -0.39 is 16.1 Å². The lowest BCUT2D eigenvalue weighted by molar-refractivity contribution is -0.141. The Balaban J connectivity index is 1.90. The Morgan fingerprint density at radius 2 is 1.63 bits per heavy atom. The van der Waals surface area contributed by atoms with Crippen LogP contribution in [0, 0.1) is 13.8 Å².